The SMILES string of the molecule is NC(=O)CC1CCCN(C2CC2)C1. The summed E-state index contributed by atoms with van der Waals surface area (Å²) >= 11 is 0. The Morgan fingerprint density at radius 3 is 2.77 bits per heavy atom. The molecular weight excluding hydrogens is 164 g/mol. The van der Waals surface area contributed by atoms with Crippen molar-refractivity contribution in [2.24, 2.45) is 11.7 Å². The zero-order valence-electron chi connectivity index (χ0n) is 8.04. The number of hydrogen-bond acceptors (Lipinski definition) is 2. The van der Waals surface area contributed by atoms with Gasteiger partial charge >= 0.3 is 0 Å². The molecule has 1 aliphatic carbocycles. The molecule has 74 valence electrons. The maximum Gasteiger partial charge on any atom is 0.217 e. The van der Waals surface area contributed by atoms with Crippen molar-refractivity contribution in [3.8, 4) is 0 Å². The number of nitrogens with two attached hydrogens (primary N) is 1. The van der Waals surface area contributed by atoms with Gasteiger partial charge in [-0.05, 0) is 38.1 Å². The summed E-state index contributed by atoms with van der Waals surface area (Å²) in [5, 5.41) is 0. The Balaban J connectivity index is 1.80. The first-order valence-electron chi connectivity index (χ1n) is 5.28. The molecule has 0 spiro atoms. The van der Waals surface area contributed by atoms with Crippen molar-refractivity contribution in [1.82, 2.24) is 4.90 Å². The van der Waals surface area contributed by atoms with Gasteiger partial charge in [0.1, 0.15) is 0 Å². The summed E-state index contributed by atoms with van der Waals surface area (Å²) < 4.78 is 0. The van der Waals surface area contributed by atoms with Crippen molar-refractivity contribution < 1.29 is 4.79 Å². The number of nitrogens with zero attached hydrogens (tertiary/aromatic N) is 1. The first-order chi connectivity index (χ1) is 6.25. The molecule has 1 saturated carbocycles. The van der Waals surface area contributed by atoms with E-state index >= 15 is 0 Å². The lowest BCUT2D eigenvalue weighted by molar-refractivity contribution is -0.119. The molecule has 0 aromatic rings. The summed E-state index contributed by atoms with van der Waals surface area (Å²) in [5.41, 5.74) is 5.20. The standard InChI is InChI=1S/C10H18N2O/c11-10(13)6-8-2-1-5-12(7-8)9-3-4-9/h8-9H,1-7H2,(H2,11,13). The highest BCUT2D eigenvalue weighted by Crippen LogP contribution is 2.31. The molecule has 3 heteroatoms. The van der Waals surface area contributed by atoms with Gasteiger partial charge in [0.05, 0.1) is 0 Å². The van der Waals surface area contributed by atoms with Crippen LogP contribution in [0.3, 0.4) is 0 Å². The Morgan fingerprint density at radius 2 is 2.15 bits per heavy atom. The molecule has 0 aromatic carbocycles. The van der Waals surface area contributed by atoms with Crippen LogP contribution in [0.15, 0.2) is 0 Å². The number of amides is 1. The Morgan fingerprint density at radius 1 is 1.38 bits per heavy atom. The van der Waals surface area contributed by atoms with Crippen LogP contribution in [0, 0.1) is 5.92 Å². The van der Waals surface area contributed by atoms with Gasteiger partial charge in [-0.15, -0.1) is 0 Å². The van der Waals surface area contributed by atoms with E-state index in [-0.39, 0.29) is 5.91 Å². The lowest BCUT2D eigenvalue weighted by Crippen LogP contribution is -2.38. The minimum atomic E-state index is -0.136. The van der Waals surface area contributed by atoms with Crippen molar-refractivity contribution in [3.05, 3.63) is 0 Å². The number of primary amides is 1. The smallest absolute Gasteiger partial charge is 0.217 e. The minimum absolute atomic E-state index is 0.136. The molecule has 1 atom stereocenters. The van der Waals surface area contributed by atoms with Crippen LogP contribution < -0.4 is 5.73 Å². The average Bonchev–Trinajstić information content (AvgIpc) is 2.85. The molecule has 3 nitrogen and oxygen atoms in total. The van der Waals surface area contributed by atoms with E-state index < -0.39 is 0 Å². The van der Waals surface area contributed by atoms with Crippen molar-refractivity contribution in [2.45, 2.75) is 38.1 Å². The van der Waals surface area contributed by atoms with Crippen LogP contribution in [0.4, 0.5) is 0 Å². The van der Waals surface area contributed by atoms with Gasteiger partial charge in [0.15, 0.2) is 0 Å². The zero-order chi connectivity index (χ0) is 9.26. The molecule has 1 unspecified atom stereocenters. The molecule has 2 aliphatic rings. The fourth-order valence-electron chi connectivity index (χ4n) is 2.32. The van der Waals surface area contributed by atoms with Crippen LogP contribution in [-0.2, 0) is 4.79 Å². The van der Waals surface area contributed by atoms with Gasteiger partial charge in [-0.2, -0.15) is 0 Å². The summed E-state index contributed by atoms with van der Waals surface area (Å²) in [6.45, 7) is 2.34. The van der Waals surface area contributed by atoms with E-state index in [2.05, 4.69) is 4.90 Å². The van der Waals surface area contributed by atoms with Crippen molar-refractivity contribution >= 4 is 5.91 Å². The second kappa shape index (κ2) is 3.66. The van der Waals surface area contributed by atoms with Crippen LogP contribution in [0.25, 0.3) is 0 Å². The van der Waals surface area contributed by atoms with Crippen molar-refractivity contribution in [1.29, 1.82) is 0 Å². The molecule has 1 heterocycles. The summed E-state index contributed by atoms with van der Waals surface area (Å²) in [5.74, 6) is 0.398. The minimum Gasteiger partial charge on any atom is -0.370 e. The molecular formula is C10H18N2O. The molecule has 13 heavy (non-hydrogen) atoms. The Bertz CT molecular complexity index is 201. The zero-order valence-corrected chi connectivity index (χ0v) is 8.04. The lowest BCUT2D eigenvalue weighted by atomic mass is 9.94. The monoisotopic (exact) mass is 182 g/mol. The highest BCUT2D eigenvalue weighted by Gasteiger charge is 2.32. The van der Waals surface area contributed by atoms with E-state index in [9.17, 15) is 4.79 Å². The van der Waals surface area contributed by atoms with Gasteiger partial charge in [-0.25, -0.2) is 0 Å². The number of piperidine rings is 1. The Kier molecular flexibility index (Phi) is 2.54. The molecule has 1 aliphatic heterocycles. The highest BCUT2D eigenvalue weighted by atomic mass is 16.1. The largest absolute Gasteiger partial charge is 0.370 e. The number of hydrogen-bond donors (Lipinski definition) is 1. The van der Waals surface area contributed by atoms with E-state index in [4.69, 9.17) is 5.73 Å². The molecule has 1 amide bonds. The highest BCUT2D eigenvalue weighted by molar-refractivity contribution is 5.74. The number of carbonyl (C=O) groups excluding carboxylic acids is 1. The lowest BCUT2D eigenvalue weighted by Gasteiger charge is -2.32. The number of rotatable bonds is 3. The van der Waals surface area contributed by atoms with Crippen LogP contribution in [-0.4, -0.2) is 29.9 Å². The van der Waals surface area contributed by atoms with Gasteiger partial charge in [0.25, 0.3) is 0 Å². The predicted octanol–water partition coefficient (Wildman–Crippen LogP) is 0.736. The fourth-order valence-corrected chi connectivity index (χ4v) is 2.32. The fraction of sp³-hybridized carbons (Fsp3) is 0.900. The van der Waals surface area contributed by atoms with Gasteiger partial charge in [-0.3, -0.25) is 4.79 Å². The second-order valence-electron chi connectivity index (χ2n) is 4.40. The maximum absolute atomic E-state index is 10.8. The van der Waals surface area contributed by atoms with E-state index in [0.29, 0.717) is 12.3 Å². The van der Waals surface area contributed by atoms with Gasteiger partial charge in [0.2, 0.25) is 5.91 Å². The first kappa shape index (κ1) is 9.00. The summed E-state index contributed by atoms with van der Waals surface area (Å²) in [6.07, 6.45) is 5.75. The normalized spacial score (nSPS) is 30.3. The van der Waals surface area contributed by atoms with Crippen molar-refractivity contribution in [3.63, 3.8) is 0 Å². The average molecular weight is 182 g/mol. The van der Waals surface area contributed by atoms with Crippen molar-refractivity contribution in [2.75, 3.05) is 13.1 Å². The third kappa shape index (κ3) is 2.44. The quantitative estimate of drug-likeness (QED) is 0.699. The van der Waals surface area contributed by atoms with Gasteiger partial charge in [0, 0.05) is 19.0 Å². The summed E-state index contributed by atoms with van der Waals surface area (Å²) in [4.78, 5) is 13.3. The molecule has 1 saturated heterocycles. The number of likely N-dealkylation sites (tertiary alicyclic amines) is 1. The Hall–Kier alpha value is -0.570. The summed E-state index contributed by atoms with van der Waals surface area (Å²) in [7, 11) is 0. The number of carbonyl (C=O) groups is 1. The van der Waals surface area contributed by atoms with Crippen LogP contribution in [0.5, 0.6) is 0 Å². The molecule has 0 bridgehead atoms. The van der Waals surface area contributed by atoms with Crippen LogP contribution >= 0.6 is 0 Å². The van der Waals surface area contributed by atoms with E-state index in [1.165, 1.54) is 32.2 Å². The molecule has 0 aromatic heterocycles. The third-order valence-electron chi connectivity index (χ3n) is 3.10. The molecule has 0 radical (unpaired) electrons. The molecule has 2 rings (SSSR count). The van der Waals surface area contributed by atoms with E-state index in [1.54, 1.807) is 0 Å². The maximum atomic E-state index is 10.8. The van der Waals surface area contributed by atoms with Gasteiger partial charge < -0.3 is 10.6 Å². The first-order valence-corrected chi connectivity index (χ1v) is 5.28. The predicted molar refractivity (Wildman–Crippen MR) is 51.1 cm³/mol. The topological polar surface area (TPSA) is 46.3 Å². The third-order valence-corrected chi connectivity index (χ3v) is 3.10. The van der Waals surface area contributed by atoms with Gasteiger partial charge in [-0.1, -0.05) is 0 Å². The van der Waals surface area contributed by atoms with Crippen LogP contribution in [0.1, 0.15) is 32.1 Å². The molecule has 2 N–H and O–H groups in total. The molecule has 2 fully saturated rings. The van der Waals surface area contributed by atoms with E-state index in [0.717, 1.165) is 12.6 Å². The second-order valence-corrected chi connectivity index (χ2v) is 4.40. The summed E-state index contributed by atoms with van der Waals surface area (Å²) in [6, 6.07) is 0.843. The van der Waals surface area contributed by atoms with Crippen LogP contribution in [0.2, 0.25) is 0 Å². The van der Waals surface area contributed by atoms with E-state index in [1.807, 2.05) is 0 Å². The Labute approximate surface area is 79.3 Å².